The summed E-state index contributed by atoms with van der Waals surface area (Å²) in [7, 11) is 0. The Bertz CT molecular complexity index is 439. The van der Waals surface area contributed by atoms with E-state index in [0.29, 0.717) is 5.92 Å². The van der Waals surface area contributed by atoms with Crippen molar-refractivity contribution in [2.75, 3.05) is 13.1 Å². The van der Waals surface area contributed by atoms with Crippen LogP contribution in [0.1, 0.15) is 37.4 Å². The first kappa shape index (κ1) is 14.0. The van der Waals surface area contributed by atoms with E-state index in [2.05, 4.69) is 5.32 Å². The summed E-state index contributed by atoms with van der Waals surface area (Å²) >= 11 is 0. The summed E-state index contributed by atoms with van der Waals surface area (Å²) in [5.41, 5.74) is -0.227. The molecule has 0 heterocycles. The number of aliphatic hydroxyl groups excluding tert-OH is 1. The average molecular weight is 281 g/mol. The average Bonchev–Trinajstić information content (AvgIpc) is 3.27. The molecule has 0 amide bonds. The fourth-order valence-corrected chi connectivity index (χ4v) is 3.08. The van der Waals surface area contributed by atoms with Gasteiger partial charge in [-0.1, -0.05) is 6.07 Å². The molecule has 1 unspecified atom stereocenters. The summed E-state index contributed by atoms with van der Waals surface area (Å²) in [6.07, 6.45) is 4.12. The lowest BCUT2D eigenvalue weighted by Crippen LogP contribution is -2.30. The fourth-order valence-electron chi connectivity index (χ4n) is 3.08. The number of hydrogen-bond acceptors (Lipinski definition) is 2. The van der Waals surface area contributed by atoms with Gasteiger partial charge in [0.05, 0.1) is 11.7 Å². The number of nitrogens with one attached hydrogen (secondary N) is 1. The molecule has 0 bridgehead atoms. The second-order valence-electron chi connectivity index (χ2n) is 6.15. The van der Waals surface area contributed by atoms with Crippen molar-refractivity contribution >= 4 is 0 Å². The highest BCUT2D eigenvalue weighted by Crippen LogP contribution is 2.48. The zero-order chi connectivity index (χ0) is 14.1. The SMILES string of the molecule is OC(CNCC(C1CC1)C1CC1)c1c(F)cccc1F. The zero-order valence-corrected chi connectivity index (χ0v) is 11.5. The molecule has 20 heavy (non-hydrogen) atoms. The first-order valence-electron chi connectivity index (χ1n) is 7.49. The Morgan fingerprint density at radius 1 is 1.05 bits per heavy atom. The lowest BCUT2D eigenvalue weighted by Gasteiger charge is -2.19. The van der Waals surface area contributed by atoms with Crippen LogP contribution >= 0.6 is 0 Å². The van der Waals surface area contributed by atoms with Crippen molar-refractivity contribution < 1.29 is 13.9 Å². The Kier molecular flexibility index (Phi) is 4.03. The zero-order valence-electron chi connectivity index (χ0n) is 11.5. The Balaban J connectivity index is 1.52. The molecule has 1 aromatic rings. The highest BCUT2D eigenvalue weighted by atomic mass is 19.1. The van der Waals surface area contributed by atoms with Crippen molar-refractivity contribution in [3.63, 3.8) is 0 Å². The molecule has 0 aliphatic heterocycles. The van der Waals surface area contributed by atoms with Gasteiger partial charge in [-0.2, -0.15) is 0 Å². The second-order valence-corrected chi connectivity index (χ2v) is 6.15. The maximum absolute atomic E-state index is 13.5. The second kappa shape index (κ2) is 5.78. The molecule has 1 atom stereocenters. The summed E-state index contributed by atoms with van der Waals surface area (Å²) in [5.74, 6) is 0.989. The normalized spacial score (nSPS) is 20.4. The minimum Gasteiger partial charge on any atom is -0.387 e. The maximum Gasteiger partial charge on any atom is 0.131 e. The third-order valence-corrected chi connectivity index (χ3v) is 4.51. The lowest BCUT2D eigenvalue weighted by atomic mass is 9.98. The topological polar surface area (TPSA) is 32.3 Å². The predicted octanol–water partition coefficient (Wildman–Crippen LogP) is 3.02. The van der Waals surface area contributed by atoms with Gasteiger partial charge in [-0.25, -0.2) is 8.78 Å². The van der Waals surface area contributed by atoms with Crippen LogP contribution in [0.15, 0.2) is 18.2 Å². The van der Waals surface area contributed by atoms with Crippen LogP contribution in [0.4, 0.5) is 8.78 Å². The van der Waals surface area contributed by atoms with Crippen LogP contribution in [-0.2, 0) is 0 Å². The van der Waals surface area contributed by atoms with Crippen LogP contribution in [0.25, 0.3) is 0 Å². The minimum absolute atomic E-state index is 0.202. The van der Waals surface area contributed by atoms with Gasteiger partial charge in [0.15, 0.2) is 0 Å². The van der Waals surface area contributed by atoms with Crippen molar-refractivity contribution in [2.24, 2.45) is 17.8 Å². The van der Waals surface area contributed by atoms with Crippen LogP contribution in [0.5, 0.6) is 0 Å². The number of aliphatic hydroxyl groups is 1. The standard InChI is InChI=1S/C16H21F2NO/c17-13-2-1-3-14(18)16(13)15(20)9-19-8-12(10-4-5-10)11-6-7-11/h1-3,10-12,15,19-20H,4-9H2. The summed E-state index contributed by atoms with van der Waals surface area (Å²) in [6, 6.07) is 3.67. The van der Waals surface area contributed by atoms with E-state index in [4.69, 9.17) is 0 Å². The van der Waals surface area contributed by atoms with E-state index >= 15 is 0 Å². The summed E-state index contributed by atoms with van der Waals surface area (Å²) in [4.78, 5) is 0. The number of benzene rings is 1. The van der Waals surface area contributed by atoms with Crippen LogP contribution in [0.2, 0.25) is 0 Å². The number of rotatable bonds is 7. The molecule has 0 spiro atoms. The van der Waals surface area contributed by atoms with Gasteiger partial charge in [0.1, 0.15) is 11.6 Å². The van der Waals surface area contributed by atoms with Crippen LogP contribution < -0.4 is 5.32 Å². The first-order valence-corrected chi connectivity index (χ1v) is 7.49. The lowest BCUT2D eigenvalue weighted by molar-refractivity contribution is 0.161. The molecule has 2 aliphatic rings. The van der Waals surface area contributed by atoms with Crippen molar-refractivity contribution in [3.8, 4) is 0 Å². The maximum atomic E-state index is 13.5. The third kappa shape index (κ3) is 3.18. The van der Waals surface area contributed by atoms with Gasteiger partial charge in [0.25, 0.3) is 0 Å². The van der Waals surface area contributed by atoms with Crippen molar-refractivity contribution in [2.45, 2.75) is 31.8 Å². The van der Waals surface area contributed by atoms with Crippen LogP contribution in [0.3, 0.4) is 0 Å². The van der Waals surface area contributed by atoms with Crippen molar-refractivity contribution in [1.29, 1.82) is 0 Å². The Morgan fingerprint density at radius 3 is 2.10 bits per heavy atom. The van der Waals surface area contributed by atoms with Crippen molar-refractivity contribution in [3.05, 3.63) is 35.4 Å². The van der Waals surface area contributed by atoms with E-state index in [1.54, 1.807) is 0 Å². The van der Waals surface area contributed by atoms with E-state index in [9.17, 15) is 13.9 Å². The molecule has 1 aromatic carbocycles. The van der Waals surface area contributed by atoms with Crippen molar-refractivity contribution in [1.82, 2.24) is 5.32 Å². The largest absolute Gasteiger partial charge is 0.387 e. The molecular formula is C16H21F2NO. The molecule has 4 heteroatoms. The number of halogens is 2. The van der Waals surface area contributed by atoms with Gasteiger partial charge in [-0.3, -0.25) is 0 Å². The Hall–Kier alpha value is -1.00. The highest BCUT2D eigenvalue weighted by molar-refractivity contribution is 5.22. The predicted molar refractivity (Wildman–Crippen MR) is 73.1 cm³/mol. The molecule has 2 fully saturated rings. The third-order valence-electron chi connectivity index (χ3n) is 4.51. The molecule has 2 N–H and O–H groups in total. The first-order chi connectivity index (χ1) is 9.66. The Labute approximate surface area is 118 Å². The fraction of sp³-hybridized carbons (Fsp3) is 0.625. The molecule has 2 aliphatic carbocycles. The molecule has 110 valence electrons. The van der Waals surface area contributed by atoms with Gasteiger partial charge in [0, 0.05) is 6.54 Å². The molecule has 0 aromatic heterocycles. The Morgan fingerprint density at radius 2 is 1.60 bits per heavy atom. The molecular weight excluding hydrogens is 260 g/mol. The summed E-state index contributed by atoms with van der Waals surface area (Å²) in [5, 5.41) is 13.2. The number of hydrogen-bond donors (Lipinski definition) is 2. The van der Waals surface area contributed by atoms with Gasteiger partial charge in [0.2, 0.25) is 0 Å². The molecule has 3 rings (SSSR count). The van der Waals surface area contributed by atoms with E-state index in [0.717, 1.165) is 18.4 Å². The van der Waals surface area contributed by atoms with Crippen LogP contribution in [-0.4, -0.2) is 18.2 Å². The molecule has 2 nitrogen and oxygen atoms in total. The van der Waals surface area contributed by atoms with Gasteiger partial charge < -0.3 is 10.4 Å². The van der Waals surface area contributed by atoms with Gasteiger partial charge in [-0.05, 0) is 62.1 Å². The summed E-state index contributed by atoms with van der Waals surface area (Å²) in [6.45, 7) is 1.05. The molecule has 0 radical (unpaired) electrons. The van der Waals surface area contributed by atoms with E-state index in [1.165, 1.54) is 43.9 Å². The minimum atomic E-state index is -1.13. The molecule has 2 saturated carbocycles. The molecule has 0 saturated heterocycles. The van der Waals surface area contributed by atoms with Gasteiger partial charge >= 0.3 is 0 Å². The van der Waals surface area contributed by atoms with E-state index in [-0.39, 0.29) is 12.1 Å². The highest BCUT2D eigenvalue weighted by Gasteiger charge is 2.40. The van der Waals surface area contributed by atoms with E-state index in [1.807, 2.05) is 0 Å². The van der Waals surface area contributed by atoms with E-state index < -0.39 is 17.7 Å². The monoisotopic (exact) mass is 281 g/mol. The quantitative estimate of drug-likeness (QED) is 0.805. The van der Waals surface area contributed by atoms with Crippen LogP contribution in [0, 0.1) is 29.4 Å². The van der Waals surface area contributed by atoms with Gasteiger partial charge in [-0.15, -0.1) is 0 Å². The summed E-state index contributed by atoms with van der Waals surface area (Å²) < 4.78 is 27.1. The smallest absolute Gasteiger partial charge is 0.131 e.